The molecule has 26 heavy (non-hydrogen) atoms. The van der Waals surface area contributed by atoms with Crippen molar-refractivity contribution in [2.24, 2.45) is 5.92 Å². The largest absolute Gasteiger partial charge is 0.493 e. The molecule has 7 heteroatoms. The Balaban J connectivity index is 1.38. The average Bonchev–Trinajstić information content (AvgIpc) is 3.13. The third-order valence-corrected chi connectivity index (χ3v) is 5.24. The zero-order valence-electron chi connectivity index (χ0n) is 15.1. The molecule has 1 aromatic carbocycles. The molecule has 1 amide bonds. The number of fused-ring (bicyclic) bond motifs is 1. The molecule has 2 aliphatic rings. The first-order valence-corrected chi connectivity index (χ1v) is 9.03. The number of likely N-dealkylation sites (tertiary alicyclic amines) is 1. The fourth-order valence-electron chi connectivity index (χ4n) is 3.81. The summed E-state index contributed by atoms with van der Waals surface area (Å²) in [6.45, 7) is 3.64. The lowest BCUT2D eigenvalue weighted by molar-refractivity contribution is -0.138. The van der Waals surface area contributed by atoms with E-state index in [2.05, 4.69) is 10.1 Å². The fraction of sp³-hybridized carbons (Fsp3) is 0.526. The molecule has 0 saturated carbocycles. The van der Waals surface area contributed by atoms with Gasteiger partial charge in [-0.15, -0.1) is 0 Å². The molecule has 3 heterocycles. The van der Waals surface area contributed by atoms with Gasteiger partial charge in [0, 0.05) is 25.9 Å². The lowest BCUT2D eigenvalue weighted by Crippen LogP contribution is -2.44. The minimum absolute atomic E-state index is 0.140. The smallest absolute Gasteiger partial charge is 0.229 e. The van der Waals surface area contributed by atoms with Gasteiger partial charge in [-0.2, -0.15) is 4.98 Å². The molecule has 0 spiro atoms. The van der Waals surface area contributed by atoms with Crippen LogP contribution in [0, 0.1) is 12.8 Å². The lowest BCUT2D eigenvalue weighted by Gasteiger charge is -2.34. The fourth-order valence-corrected chi connectivity index (χ4v) is 3.81. The first-order valence-electron chi connectivity index (χ1n) is 9.03. The number of aromatic nitrogens is 2. The molecular weight excluding hydrogens is 334 g/mol. The van der Waals surface area contributed by atoms with Crippen LogP contribution < -0.4 is 9.47 Å². The standard InChI is InChI=1S/C19H23N3O4/c1-12-20-18(21-26-12)13-6-8-22(9-7-13)19(23)15-10-14-4-3-5-16(24-2)17(14)25-11-15/h3-5,13,15H,6-11H2,1-2H3/t15-/m1/s1. The third-order valence-electron chi connectivity index (χ3n) is 5.24. The maximum Gasteiger partial charge on any atom is 0.229 e. The molecule has 4 rings (SSSR count). The van der Waals surface area contributed by atoms with Crippen LogP contribution in [0.5, 0.6) is 11.5 Å². The maximum absolute atomic E-state index is 12.9. The molecule has 7 nitrogen and oxygen atoms in total. The van der Waals surface area contributed by atoms with E-state index in [1.807, 2.05) is 23.1 Å². The van der Waals surface area contributed by atoms with Crippen LogP contribution in [-0.4, -0.2) is 47.8 Å². The first-order chi connectivity index (χ1) is 12.7. The van der Waals surface area contributed by atoms with E-state index in [4.69, 9.17) is 14.0 Å². The number of methoxy groups -OCH3 is 1. The second-order valence-electron chi connectivity index (χ2n) is 6.93. The van der Waals surface area contributed by atoms with Crippen molar-refractivity contribution in [2.45, 2.75) is 32.1 Å². The number of amides is 1. The number of carbonyl (C=O) groups excluding carboxylic acids is 1. The zero-order chi connectivity index (χ0) is 18.1. The van der Waals surface area contributed by atoms with Crippen LogP contribution in [0.15, 0.2) is 22.7 Å². The van der Waals surface area contributed by atoms with Gasteiger partial charge in [-0.05, 0) is 30.9 Å². The van der Waals surface area contributed by atoms with Gasteiger partial charge in [0.25, 0.3) is 0 Å². The van der Waals surface area contributed by atoms with Crippen LogP contribution in [0.2, 0.25) is 0 Å². The highest BCUT2D eigenvalue weighted by Crippen LogP contribution is 2.37. The molecule has 1 atom stereocenters. The topological polar surface area (TPSA) is 77.7 Å². The Labute approximate surface area is 152 Å². The first kappa shape index (κ1) is 16.9. The Morgan fingerprint density at radius 2 is 2.12 bits per heavy atom. The van der Waals surface area contributed by atoms with Gasteiger partial charge >= 0.3 is 0 Å². The number of ether oxygens (including phenoxy) is 2. The van der Waals surface area contributed by atoms with Gasteiger partial charge in [0.15, 0.2) is 17.3 Å². The Hall–Kier alpha value is -2.57. The summed E-state index contributed by atoms with van der Waals surface area (Å²) < 4.78 is 16.3. The van der Waals surface area contributed by atoms with Gasteiger partial charge in [0.05, 0.1) is 13.0 Å². The summed E-state index contributed by atoms with van der Waals surface area (Å²) in [5, 5.41) is 4.02. The number of aryl methyl sites for hydroxylation is 1. The van der Waals surface area contributed by atoms with E-state index in [0.717, 1.165) is 48.8 Å². The summed E-state index contributed by atoms with van der Waals surface area (Å²) >= 11 is 0. The molecule has 1 aromatic heterocycles. The normalized spacial score (nSPS) is 20.4. The summed E-state index contributed by atoms with van der Waals surface area (Å²) in [7, 11) is 1.63. The van der Waals surface area contributed by atoms with E-state index in [0.29, 0.717) is 18.9 Å². The number of hydrogen-bond acceptors (Lipinski definition) is 6. The quantitative estimate of drug-likeness (QED) is 0.839. The minimum atomic E-state index is -0.140. The molecule has 0 aliphatic carbocycles. The van der Waals surface area contributed by atoms with E-state index < -0.39 is 0 Å². The summed E-state index contributed by atoms with van der Waals surface area (Å²) in [6, 6.07) is 5.82. The van der Waals surface area contributed by atoms with E-state index in [9.17, 15) is 4.79 Å². The number of carbonyl (C=O) groups is 1. The highest BCUT2D eigenvalue weighted by atomic mass is 16.5. The van der Waals surface area contributed by atoms with Crippen LogP contribution in [-0.2, 0) is 11.2 Å². The molecule has 2 aromatic rings. The van der Waals surface area contributed by atoms with E-state index in [1.54, 1.807) is 14.0 Å². The van der Waals surface area contributed by atoms with Gasteiger partial charge in [-0.25, -0.2) is 0 Å². The number of benzene rings is 1. The van der Waals surface area contributed by atoms with Crippen LogP contribution in [0.25, 0.3) is 0 Å². The van der Waals surface area contributed by atoms with Gasteiger partial charge in [0.1, 0.15) is 6.61 Å². The Kier molecular flexibility index (Phi) is 4.53. The van der Waals surface area contributed by atoms with Crippen molar-refractivity contribution in [3.05, 3.63) is 35.5 Å². The van der Waals surface area contributed by atoms with Crippen LogP contribution >= 0.6 is 0 Å². The third kappa shape index (κ3) is 3.13. The Bertz CT molecular complexity index is 796. The van der Waals surface area contributed by atoms with Crippen molar-refractivity contribution < 1.29 is 18.8 Å². The molecule has 0 N–H and O–H groups in total. The number of piperidine rings is 1. The summed E-state index contributed by atoms with van der Waals surface area (Å²) in [5.41, 5.74) is 1.03. The molecule has 0 bridgehead atoms. The van der Waals surface area contributed by atoms with Crippen molar-refractivity contribution in [2.75, 3.05) is 26.8 Å². The summed E-state index contributed by atoms with van der Waals surface area (Å²) in [6.07, 6.45) is 2.42. The highest BCUT2D eigenvalue weighted by Gasteiger charge is 2.33. The molecule has 138 valence electrons. The predicted molar refractivity (Wildman–Crippen MR) is 93.3 cm³/mol. The molecule has 2 aliphatic heterocycles. The maximum atomic E-state index is 12.9. The number of hydrogen-bond donors (Lipinski definition) is 0. The van der Waals surface area contributed by atoms with Crippen molar-refractivity contribution in [1.82, 2.24) is 15.0 Å². The average molecular weight is 357 g/mol. The summed E-state index contributed by atoms with van der Waals surface area (Å²) in [5.74, 6) is 3.14. The van der Waals surface area contributed by atoms with E-state index >= 15 is 0 Å². The van der Waals surface area contributed by atoms with Crippen LogP contribution in [0.3, 0.4) is 0 Å². The molecule has 0 radical (unpaired) electrons. The van der Waals surface area contributed by atoms with Gasteiger partial charge in [0.2, 0.25) is 11.8 Å². The molecule has 0 unspecified atom stereocenters. The van der Waals surface area contributed by atoms with Gasteiger partial charge in [-0.3, -0.25) is 4.79 Å². The Morgan fingerprint density at radius 3 is 2.81 bits per heavy atom. The Morgan fingerprint density at radius 1 is 1.31 bits per heavy atom. The number of para-hydroxylation sites is 1. The van der Waals surface area contributed by atoms with Gasteiger partial charge < -0.3 is 18.9 Å². The minimum Gasteiger partial charge on any atom is -0.493 e. The SMILES string of the molecule is COc1cccc2c1OC[C@H](C(=O)N1CCC(c3noc(C)n3)CC1)C2. The summed E-state index contributed by atoms with van der Waals surface area (Å²) in [4.78, 5) is 19.2. The van der Waals surface area contributed by atoms with Crippen LogP contribution in [0.4, 0.5) is 0 Å². The second-order valence-corrected chi connectivity index (χ2v) is 6.93. The second kappa shape index (κ2) is 6.97. The lowest BCUT2D eigenvalue weighted by atomic mass is 9.92. The number of rotatable bonds is 3. The predicted octanol–water partition coefficient (Wildman–Crippen LogP) is 2.34. The van der Waals surface area contributed by atoms with E-state index in [-0.39, 0.29) is 17.7 Å². The van der Waals surface area contributed by atoms with Crippen molar-refractivity contribution in [3.63, 3.8) is 0 Å². The molecule has 1 fully saturated rings. The monoisotopic (exact) mass is 357 g/mol. The highest BCUT2D eigenvalue weighted by molar-refractivity contribution is 5.80. The van der Waals surface area contributed by atoms with Crippen molar-refractivity contribution in [1.29, 1.82) is 0 Å². The molecular formula is C19H23N3O4. The van der Waals surface area contributed by atoms with E-state index in [1.165, 1.54) is 0 Å². The van der Waals surface area contributed by atoms with Crippen molar-refractivity contribution >= 4 is 5.91 Å². The van der Waals surface area contributed by atoms with Crippen LogP contribution in [0.1, 0.15) is 36.0 Å². The number of nitrogens with zero attached hydrogens (tertiary/aromatic N) is 3. The van der Waals surface area contributed by atoms with Crippen molar-refractivity contribution in [3.8, 4) is 11.5 Å². The molecule has 1 saturated heterocycles. The van der Waals surface area contributed by atoms with Gasteiger partial charge in [-0.1, -0.05) is 17.3 Å². The zero-order valence-corrected chi connectivity index (χ0v) is 15.1.